The van der Waals surface area contributed by atoms with E-state index >= 15 is 0 Å². The van der Waals surface area contributed by atoms with Gasteiger partial charge in [-0.2, -0.15) is 0 Å². The first-order valence-corrected chi connectivity index (χ1v) is 22.4. The molecule has 4 aromatic carbocycles. The van der Waals surface area contributed by atoms with E-state index in [1.165, 1.54) is 70.3 Å². The molecule has 4 aromatic rings. The van der Waals surface area contributed by atoms with Crippen molar-refractivity contribution in [2.45, 2.75) is 84.3 Å². The van der Waals surface area contributed by atoms with Crippen molar-refractivity contribution in [3.05, 3.63) is 108 Å². The van der Waals surface area contributed by atoms with Gasteiger partial charge in [0.25, 0.3) is 0 Å². The molecule has 62 heavy (non-hydrogen) atoms. The first kappa shape index (κ1) is 46.4. The Kier molecular flexibility index (Phi) is 16.7. The van der Waals surface area contributed by atoms with E-state index in [0.717, 1.165) is 69.1 Å². The highest BCUT2D eigenvalue weighted by Gasteiger charge is 2.38. The lowest BCUT2D eigenvalue weighted by atomic mass is 9.71. The second-order valence-corrected chi connectivity index (χ2v) is 18.0. The van der Waals surface area contributed by atoms with Crippen LogP contribution in [0.1, 0.15) is 88.1 Å². The molecule has 11 nitrogen and oxygen atoms in total. The van der Waals surface area contributed by atoms with Crippen LogP contribution in [0.2, 0.25) is 0 Å². The van der Waals surface area contributed by atoms with Gasteiger partial charge in [0.15, 0.2) is 29.3 Å². The van der Waals surface area contributed by atoms with Gasteiger partial charge in [0, 0.05) is 25.2 Å². The highest BCUT2D eigenvalue weighted by Crippen LogP contribution is 2.41. The van der Waals surface area contributed by atoms with Crippen molar-refractivity contribution in [1.82, 2.24) is 20.4 Å². The average Bonchev–Trinajstić information content (AvgIpc) is 3.29. The number of ether oxygens (including phenoxy) is 5. The van der Waals surface area contributed by atoms with Crippen LogP contribution in [0.4, 0.5) is 4.79 Å². The fraction of sp³-hybridized carbons (Fsp3) is 0.490. The number of piperidine rings is 4. The molecule has 0 saturated carbocycles. The van der Waals surface area contributed by atoms with Crippen molar-refractivity contribution in [3.63, 3.8) is 0 Å². The van der Waals surface area contributed by atoms with Crippen LogP contribution in [-0.4, -0.2) is 94.4 Å². The van der Waals surface area contributed by atoms with Crippen LogP contribution in [-0.2, 0) is 11.3 Å². The highest BCUT2D eigenvalue weighted by molar-refractivity contribution is 5.79. The van der Waals surface area contributed by atoms with Gasteiger partial charge < -0.3 is 39.2 Å². The maximum atomic E-state index is 12.0. The molecule has 0 radical (unpaired) electrons. The molecule has 0 aliphatic carbocycles. The fourth-order valence-corrected chi connectivity index (χ4v) is 8.88. The number of hydrogen-bond acceptors (Lipinski definition) is 10. The van der Waals surface area contributed by atoms with E-state index in [2.05, 4.69) is 33.7 Å². The van der Waals surface area contributed by atoms with Crippen molar-refractivity contribution >= 4 is 12.4 Å². The van der Waals surface area contributed by atoms with Crippen molar-refractivity contribution in [2.75, 3.05) is 66.6 Å². The van der Waals surface area contributed by atoms with Crippen LogP contribution >= 0.6 is 0 Å². The molecule has 2 N–H and O–H groups in total. The zero-order valence-electron chi connectivity index (χ0n) is 37.6. The minimum atomic E-state index is -0.388. The lowest BCUT2D eigenvalue weighted by molar-refractivity contribution is 0.00571. The minimum absolute atomic E-state index is 0.147. The first-order valence-electron chi connectivity index (χ1n) is 22.4. The number of likely N-dealkylation sites (tertiary alicyclic amines) is 2. The number of amides is 1. The molecular weight excluding hydrogens is 781 g/mol. The number of carbonyl (C=O) groups excluding carboxylic acids is 2. The number of para-hydroxylation sites is 6. The molecule has 0 aromatic heterocycles. The van der Waals surface area contributed by atoms with Crippen molar-refractivity contribution in [2.24, 2.45) is 10.8 Å². The molecule has 334 valence electrons. The Morgan fingerprint density at radius 1 is 0.581 bits per heavy atom. The minimum Gasteiger partial charge on any atom is -0.493 e. The fourth-order valence-electron chi connectivity index (χ4n) is 8.88. The van der Waals surface area contributed by atoms with Gasteiger partial charge in [0.05, 0.1) is 19.8 Å². The number of nitrogens with zero attached hydrogens (tertiary/aromatic N) is 2. The summed E-state index contributed by atoms with van der Waals surface area (Å²) in [6.45, 7) is 15.4. The summed E-state index contributed by atoms with van der Waals surface area (Å²) in [5.74, 6) is 4.19. The van der Waals surface area contributed by atoms with E-state index in [-0.39, 0.29) is 11.7 Å². The van der Waals surface area contributed by atoms with E-state index in [9.17, 15) is 9.59 Å². The quantitative estimate of drug-likeness (QED) is 0.158. The number of aldehydes is 1. The number of carbonyl (C=O) groups is 2. The summed E-state index contributed by atoms with van der Waals surface area (Å²) in [5.41, 5.74) is 2.45. The zero-order chi connectivity index (χ0) is 43.8. The lowest BCUT2D eigenvalue weighted by Crippen LogP contribution is -2.48. The Balaban J connectivity index is 0.000000162. The maximum absolute atomic E-state index is 12.0. The van der Waals surface area contributed by atoms with Gasteiger partial charge in [-0.05, 0) is 165 Å². The number of methoxy groups -OCH3 is 2. The summed E-state index contributed by atoms with van der Waals surface area (Å²) in [7, 11) is 3.26. The monoisotopic (exact) mass is 849 g/mol. The molecule has 4 heterocycles. The Bertz CT molecular complexity index is 2000. The summed E-state index contributed by atoms with van der Waals surface area (Å²) >= 11 is 0. The second kappa shape index (κ2) is 22.3. The van der Waals surface area contributed by atoms with Crippen LogP contribution in [0.3, 0.4) is 0 Å². The molecule has 8 rings (SSSR count). The summed E-state index contributed by atoms with van der Waals surface area (Å²) in [6, 6.07) is 30.6. The lowest BCUT2D eigenvalue weighted by Gasteiger charge is -2.44. The van der Waals surface area contributed by atoms with Crippen LogP contribution < -0.4 is 29.6 Å². The third-order valence-corrected chi connectivity index (χ3v) is 12.7. The third-order valence-electron chi connectivity index (χ3n) is 12.7. The largest absolute Gasteiger partial charge is 0.493 e. The van der Waals surface area contributed by atoms with E-state index in [4.69, 9.17) is 23.7 Å². The Hall–Kier alpha value is -5.10. The standard InChI is InChI=1S/C23H30N2O2.C14H26N2O2.C14H12O3/c1-26-21-8-4-5-9-22(21)27-20-7-3-2-6-19(20)18-25-16-12-23(13-17-25)10-14-24-15-11-23;1-13(2,3)18-12(17)16-10-6-14(7-11-16)4-8-15-9-5-14;1-16-13-8-4-5-9-14(13)17-12-7-3-2-6-11(12)10-15/h2-9,24H,10-18H2,1H3;15H,4-11H2,1-3H3;2-10H,1H3. The van der Waals surface area contributed by atoms with Gasteiger partial charge in [-0.25, -0.2) is 4.79 Å². The van der Waals surface area contributed by atoms with E-state index in [0.29, 0.717) is 33.6 Å². The van der Waals surface area contributed by atoms with Crippen LogP contribution in [0.5, 0.6) is 34.5 Å². The van der Waals surface area contributed by atoms with Crippen molar-refractivity contribution in [3.8, 4) is 34.5 Å². The molecule has 4 aliphatic heterocycles. The average molecular weight is 849 g/mol. The smallest absolute Gasteiger partial charge is 0.410 e. The van der Waals surface area contributed by atoms with Crippen molar-refractivity contribution in [1.29, 1.82) is 0 Å². The topological polar surface area (TPSA) is 111 Å². The molecule has 4 aliphatic rings. The number of nitrogens with one attached hydrogen (secondary N) is 2. The normalized spacial score (nSPS) is 18.2. The van der Waals surface area contributed by atoms with Crippen molar-refractivity contribution < 1.29 is 33.3 Å². The summed E-state index contributed by atoms with van der Waals surface area (Å²) < 4.78 is 27.9. The second-order valence-electron chi connectivity index (χ2n) is 18.0. The van der Waals surface area contributed by atoms with E-state index < -0.39 is 0 Å². The molecule has 0 bridgehead atoms. The molecule has 4 fully saturated rings. The van der Waals surface area contributed by atoms with E-state index in [1.54, 1.807) is 44.6 Å². The number of hydrogen-bond donors (Lipinski definition) is 2. The Morgan fingerprint density at radius 3 is 1.48 bits per heavy atom. The Labute approximate surface area is 369 Å². The Morgan fingerprint density at radius 2 is 1.00 bits per heavy atom. The molecule has 4 saturated heterocycles. The van der Waals surface area contributed by atoms with Crippen LogP contribution in [0.15, 0.2) is 97.1 Å². The molecule has 0 atom stereocenters. The molecule has 1 amide bonds. The van der Waals surface area contributed by atoms with Gasteiger partial charge >= 0.3 is 6.09 Å². The first-order chi connectivity index (χ1) is 30.0. The van der Waals surface area contributed by atoms with Gasteiger partial charge in [-0.1, -0.05) is 54.6 Å². The third kappa shape index (κ3) is 13.2. The van der Waals surface area contributed by atoms with Gasteiger partial charge in [-0.15, -0.1) is 0 Å². The van der Waals surface area contributed by atoms with Gasteiger partial charge in [-0.3, -0.25) is 9.69 Å². The SMILES string of the molecule is CC(C)(C)OC(=O)N1CCC2(CCNCC2)CC1.COc1ccccc1Oc1ccccc1C=O.COc1ccccc1Oc1ccccc1CN1CCC2(CCNCC2)CC1. The summed E-state index contributed by atoms with van der Waals surface area (Å²) in [4.78, 5) is 27.3. The number of rotatable bonds is 9. The molecule has 11 heteroatoms. The summed E-state index contributed by atoms with van der Waals surface area (Å²) in [5, 5.41) is 6.92. The molecule has 0 unspecified atom stereocenters. The van der Waals surface area contributed by atoms with Gasteiger partial charge in [0.2, 0.25) is 0 Å². The highest BCUT2D eigenvalue weighted by atomic mass is 16.6. The molecular formula is C51H68N4O7. The van der Waals surface area contributed by atoms with E-state index in [1.807, 2.05) is 74.2 Å². The summed E-state index contributed by atoms with van der Waals surface area (Å²) in [6.07, 6.45) is 10.7. The molecule has 2 spiro atoms. The predicted molar refractivity (Wildman–Crippen MR) is 245 cm³/mol. The van der Waals surface area contributed by atoms with Gasteiger partial charge in [0.1, 0.15) is 17.1 Å². The number of benzene rings is 4. The maximum Gasteiger partial charge on any atom is 0.410 e. The van der Waals surface area contributed by atoms with Crippen LogP contribution in [0, 0.1) is 10.8 Å². The zero-order valence-corrected chi connectivity index (χ0v) is 37.6. The van der Waals surface area contributed by atoms with Crippen LogP contribution in [0.25, 0.3) is 0 Å². The predicted octanol–water partition coefficient (Wildman–Crippen LogP) is 10.1.